The van der Waals surface area contributed by atoms with E-state index in [1.807, 2.05) is 6.92 Å². The zero-order chi connectivity index (χ0) is 15.9. The zero-order valence-corrected chi connectivity index (χ0v) is 12.2. The van der Waals surface area contributed by atoms with Crippen LogP contribution in [-0.2, 0) is 22.5 Å². The molecule has 0 saturated carbocycles. The third kappa shape index (κ3) is 6.80. The Kier molecular flexibility index (Phi) is 6.96. The van der Waals surface area contributed by atoms with E-state index in [4.69, 9.17) is 5.11 Å². The Labute approximate surface area is 123 Å². The molecule has 120 valence electrons. The van der Waals surface area contributed by atoms with Crippen LogP contribution in [-0.4, -0.2) is 51.0 Å². The van der Waals surface area contributed by atoms with Crippen molar-refractivity contribution in [3.05, 3.63) is 5.82 Å². The molecule has 1 aromatic rings. The topological polar surface area (TPSA) is 77.2 Å². The number of carboxylic acids is 1. The highest BCUT2D eigenvalue weighted by Gasteiger charge is 2.27. The molecule has 6 nitrogen and oxygen atoms in total. The lowest BCUT2D eigenvalue weighted by atomic mass is 10.4. The van der Waals surface area contributed by atoms with Gasteiger partial charge in [0, 0.05) is 13.0 Å². The number of hydrogen-bond acceptors (Lipinski definition) is 5. The minimum absolute atomic E-state index is 0.120. The van der Waals surface area contributed by atoms with Gasteiger partial charge >= 0.3 is 12.1 Å². The highest BCUT2D eigenvalue weighted by atomic mass is 32.2. The summed E-state index contributed by atoms with van der Waals surface area (Å²) < 4.78 is 42.1. The molecule has 0 radical (unpaired) electrons. The Hall–Kier alpha value is -1.29. The molecule has 0 fully saturated rings. The second-order valence-corrected chi connectivity index (χ2v) is 5.09. The van der Waals surface area contributed by atoms with Gasteiger partial charge in [0.2, 0.25) is 0 Å². The fourth-order valence-electron chi connectivity index (χ4n) is 1.54. The van der Waals surface area contributed by atoms with Gasteiger partial charge in [-0.25, -0.2) is 0 Å². The monoisotopic (exact) mass is 327 g/mol. The Morgan fingerprint density at radius 2 is 2.14 bits per heavy atom. The zero-order valence-electron chi connectivity index (χ0n) is 11.4. The molecule has 0 aliphatic carbocycles. The third-order valence-corrected chi connectivity index (χ3v) is 3.25. The molecule has 1 N–H and O–H groups in total. The highest BCUT2D eigenvalue weighted by molar-refractivity contribution is 7.99. The first-order valence-electron chi connectivity index (χ1n) is 6.24. The summed E-state index contributed by atoms with van der Waals surface area (Å²) in [4.78, 5) is 10.5. The average Bonchev–Trinajstić information content (AvgIpc) is 2.74. The standard InChI is InChI=1S/C11H16F3N3O3S/c1-2-4-17-8(3-5-20-7-11(12,13)14)15-16-10(17)21-6-9(18)19/h2-7H2,1H3,(H,18,19). The number of nitrogens with zero attached hydrogens (tertiary/aromatic N) is 3. The number of thioether (sulfide) groups is 1. The highest BCUT2D eigenvalue weighted by Crippen LogP contribution is 2.18. The van der Waals surface area contributed by atoms with Gasteiger partial charge in [-0.05, 0) is 6.42 Å². The van der Waals surface area contributed by atoms with Crippen molar-refractivity contribution in [3.63, 3.8) is 0 Å². The van der Waals surface area contributed by atoms with Gasteiger partial charge in [0.15, 0.2) is 5.16 Å². The maximum atomic E-state index is 11.9. The first-order valence-corrected chi connectivity index (χ1v) is 7.23. The quantitative estimate of drug-likeness (QED) is 0.552. The van der Waals surface area contributed by atoms with Gasteiger partial charge in [0.1, 0.15) is 12.4 Å². The number of carboxylic acid groups (broad SMARTS) is 1. The van der Waals surface area contributed by atoms with Crippen molar-refractivity contribution >= 4 is 17.7 Å². The van der Waals surface area contributed by atoms with Crippen LogP contribution in [0, 0.1) is 0 Å². The number of ether oxygens (including phenoxy) is 1. The Morgan fingerprint density at radius 1 is 1.43 bits per heavy atom. The number of hydrogen-bond donors (Lipinski definition) is 1. The van der Waals surface area contributed by atoms with Crippen LogP contribution in [0.15, 0.2) is 5.16 Å². The molecule has 0 aliphatic rings. The van der Waals surface area contributed by atoms with Crippen molar-refractivity contribution in [2.24, 2.45) is 0 Å². The van der Waals surface area contributed by atoms with E-state index < -0.39 is 18.8 Å². The van der Waals surface area contributed by atoms with Gasteiger partial charge in [-0.3, -0.25) is 4.79 Å². The summed E-state index contributed by atoms with van der Waals surface area (Å²) in [5.74, 6) is -0.625. The molecule has 1 aromatic heterocycles. The largest absolute Gasteiger partial charge is 0.481 e. The lowest BCUT2D eigenvalue weighted by Gasteiger charge is -2.09. The molecule has 0 bridgehead atoms. The van der Waals surface area contributed by atoms with Crippen LogP contribution in [0.2, 0.25) is 0 Å². The van der Waals surface area contributed by atoms with E-state index in [9.17, 15) is 18.0 Å². The summed E-state index contributed by atoms with van der Waals surface area (Å²) >= 11 is 1.03. The summed E-state index contributed by atoms with van der Waals surface area (Å²) in [5.41, 5.74) is 0. The molecule has 21 heavy (non-hydrogen) atoms. The maximum Gasteiger partial charge on any atom is 0.411 e. The summed E-state index contributed by atoms with van der Waals surface area (Å²) in [6.45, 7) is 1.08. The Balaban J connectivity index is 2.58. The van der Waals surface area contributed by atoms with Crippen molar-refractivity contribution in [3.8, 4) is 0 Å². The number of rotatable bonds is 9. The van der Waals surface area contributed by atoms with Crippen LogP contribution in [0.3, 0.4) is 0 Å². The molecule has 1 rings (SSSR count). The first-order chi connectivity index (χ1) is 9.83. The van der Waals surface area contributed by atoms with Gasteiger partial charge < -0.3 is 14.4 Å². The predicted octanol–water partition coefficient (Wildman–Crippen LogP) is 1.99. The smallest absolute Gasteiger partial charge is 0.411 e. The molecule has 1 heterocycles. The normalized spacial score (nSPS) is 11.8. The molecule has 0 aliphatic heterocycles. The number of alkyl halides is 3. The fraction of sp³-hybridized carbons (Fsp3) is 0.727. The lowest BCUT2D eigenvalue weighted by Crippen LogP contribution is -2.18. The van der Waals surface area contributed by atoms with E-state index >= 15 is 0 Å². The Morgan fingerprint density at radius 3 is 2.71 bits per heavy atom. The number of carbonyl (C=O) groups is 1. The SMILES string of the molecule is CCCn1c(CCOCC(F)(F)F)nnc1SCC(=O)O. The molecule has 0 spiro atoms. The van der Waals surface area contributed by atoms with Crippen molar-refractivity contribution in [1.82, 2.24) is 14.8 Å². The fourth-order valence-corrected chi connectivity index (χ4v) is 2.24. The van der Waals surface area contributed by atoms with Crippen LogP contribution < -0.4 is 0 Å². The summed E-state index contributed by atoms with van der Waals surface area (Å²) in [7, 11) is 0. The van der Waals surface area contributed by atoms with E-state index in [1.54, 1.807) is 4.57 Å². The van der Waals surface area contributed by atoms with E-state index in [0.29, 0.717) is 17.5 Å². The molecule has 0 amide bonds. The van der Waals surface area contributed by atoms with Crippen LogP contribution in [0.1, 0.15) is 19.2 Å². The lowest BCUT2D eigenvalue weighted by molar-refractivity contribution is -0.173. The summed E-state index contributed by atoms with van der Waals surface area (Å²) in [5, 5.41) is 16.8. The van der Waals surface area contributed by atoms with E-state index in [0.717, 1.165) is 18.2 Å². The van der Waals surface area contributed by atoms with Gasteiger partial charge in [0.25, 0.3) is 0 Å². The average molecular weight is 327 g/mol. The molecule has 0 saturated heterocycles. The van der Waals surface area contributed by atoms with Gasteiger partial charge in [0.05, 0.1) is 12.4 Å². The summed E-state index contributed by atoms with van der Waals surface area (Å²) in [6, 6.07) is 0. The number of halogens is 3. The minimum Gasteiger partial charge on any atom is -0.481 e. The van der Waals surface area contributed by atoms with E-state index in [1.165, 1.54) is 0 Å². The number of aliphatic carboxylic acids is 1. The summed E-state index contributed by atoms with van der Waals surface area (Å²) in [6.07, 6.45) is -3.38. The maximum absolute atomic E-state index is 11.9. The van der Waals surface area contributed by atoms with Crippen molar-refractivity contribution in [1.29, 1.82) is 0 Å². The molecule has 0 unspecified atom stereocenters. The molecule has 0 aromatic carbocycles. The predicted molar refractivity (Wildman–Crippen MR) is 69.3 cm³/mol. The van der Waals surface area contributed by atoms with Crippen molar-refractivity contribution < 1.29 is 27.8 Å². The van der Waals surface area contributed by atoms with Crippen LogP contribution in [0.4, 0.5) is 13.2 Å². The second kappa shape index (κ2) is 8.23. The van der Waals surface area contributed by atoms with E-state index in [-0.39, 0.29) is 18.8 Å². The second-order valence-electron chi connectivity index (χ2n) is 4.15. The molecule has 10 heteroatoms. The van der Waals surface area contributed by atoms with Crippen LogP contribution in [0.5, 0.6) is 0 Å². The number of aromatic nitrogens is 3. The van der Waals surface area contributed by atoms with Gasteiger partial charge in [-0.1, -0.05) is 18.7 Å². The van der Waals surface area contributed by atoms with Crippen molar-refractivity contribution in [2.75, 3.05) is 19.0 Å². The molecule has 0 atom stereocenters. The van der Waals surface area contributed by atoms with Crippen LogP contribution >= 0.6 is 11.8 Å². The minimum atomic E-state index is -4.35. The first kappa shape index (κ1) is 17.8. The van der Waals surface area contributed by atoms with Crippen molar-refractivity contribution in [2.45, 2.75) is 37.6 Å². The molecular formula is C11H16F3N3O3S. The Bertz CT molecular complexity index is 465. The van der Waals surface area contributed by atoms with Gasteiger partial charge in [-0.2, -0.15) is 13.2 Å². The molecular weight excluding hydrogens is 311 g/mol. The van der Waals surface area contributed by atoms with Crippen LogP contribution in [0.25, 0.3) is 0 Å². The van der Waals surface area contributed by atoms with E-state index in [2.05, 4.69) is 14.9 Å². The van der Waals surface area contributed by atoms with Gasteiger partial charge in [-0.15, -0.1) is 10.2 Å². The third-order valence-electron chi connectivity index (χ3n) is 2.30.